The molecule has 43 heavy (non-hydrogen) atoms. The zero-order valence-electron chi connectivity index (χ0n) is 26.2. The second kappa shape index (κ2) is 10.6. The van der Waals surface area contributed by atoms with Crippen molar-refractivity contribution in [2.24, 2.45) is 46.3 Å². The molecule has 7 fully saturated rings. The Morgan fingerprint density at radius 1 is 0.884 bits per heavy atom. The molecule has 0 bridgehead atoms. The SMILES string of the molecule is CC1CCC2(OC1)OC1CC3C4CCC5(O)CC(OC6OC(CO)C(O)C(O)C6O)C(O)CC5(C)C4CCC3(C)C1C2C. The van der Waals surface area contributed by atoms with Gasteiger partial charge in [-0.2, -0.15) is 0 Å². The summed E-state index contributed by atoms with van der Waals surface area (Å²) in [6.07, 6.45) is -1.22. The molecule has 0 aromatic carbocycles. The summed E-state index contributed by atoms with van der Waals surface area (Å²) in [5.41, 5.74) is -1.40. The number of aliphatic hydroxyl groups is 6. The van der Waals surface area contributed by atoms with Crippen LogP contribution in [0.1, 0.15) is 85.5 Å². The van der Waals surface area contributed by atoms with Crippen molar-refractivity contribution in [1.29, 1.82) is 0 Å². The summed E-state index contributed by atoms with van der Waals surface area (Å²) in [4.78, 5) is 0. The van der Waals surface area contributed by atoms with E-state index in [4.69, 9.17) is 18.9 Å². The second-order valence-corrected chi connectivity index (χ2v) is 16.2. The van der Waals surface area contributed by atoms with E-state index in [1.165, 1.54) is 0 Å². The van der Waals surface area contributed by atoms with Crippen LogP contribution in [0.25, 0.3) is 0 Å². The fraction of sp³-hybridized carbons (Fsp3) is 1.00. The van der Waals surface area contributed by atoms with Gasteiger partial charge in [-0.3, -0.25) is 0 Å². The lowest BCUT2D eigenvalue weighted by molar-refractivity contribution is -0.333. The first-order chi connectivity index (χ1) is 20.3. The molecule has 0 amide bonds. The maximum absolute atomic E-state index is 12.3. The predicted molar refractivity (Wildman–Crippen MR) is 153 cm³/mol. The number of hydrogen-bond acceptors (Lipinski definition) is 10. The van der Waals surface area contributed by atoms with Gasteiger partial charge in [-0.05, 0) is 80.0 Å². The standard InChI is InChI=1S/C33H54O10/c1-16-5-10-33(40-15-16)17(2)25-22(43-33)11-20-18-6-9-32(39)13-23(41-29-28(38)27(37)26(36)24(14-34)42-29)21(35)12-31(32,4)19(18)7-8-30(20,25)3/h16-29,34-39H,5-15H2,1-4H3. The summed E-state index contributed by atoms with van der Waals surface area (Å²) in [5, 5.41) is 64.2. The van der Waals surface area contributed by atoms with Crippen molar-refractivity contribution in [2.45, 2.75) is 146 Å². The first-order valence-corrected chi connectivity index (χ1v) is 16.9. The van der Waals surface area contributed by atoms with Crippen molar-refractivity contribution in [3.63, 3.8) is 0 Å². The second-order valence-electron chi connectivity index (χ2n) is 16.2. The highest BCUT2D eigenvalue weighted by molar-refractivity contribution is 5.18. The van der Waals surface area contributed by atoms with Gasteiger partial charge in [0.25, 0.3) is 0 Å². The molecule has 3 heterocycles. The number of hydrogen-bond donors (Lipinski definition) is 6. The first kappa shape index (κ1) is 31.2. The summed E-state index contributed by atoms with van der Waals surface area (Å²) < 4.78 is 24.9. The number of fused-ring (bicyclic) bond motifs is 7. The lowest BCUT2D eigenvalue weighted by Crippen LogP contribution is -2.67. The van der Waals surface area contributed by atoms with Crippen LogP contribution < -0.4 is 0 Å². The molecule has 18 atom stereocenters. The van der Waals surface area contributed by atoms with E-state index >= 15 is 0 Å². The summed E-state index contributed by atoms with van der Waals surface area (Å²) in [7, 11) is 0. The Bertz CT molecular complexity index is 1050. The van der Waals surface area contributed by atoms with E-state index in [0.717, 1.165) is 45.1 Å². The fourth-order valence-corrected chi connectivity index (χ4v) is 11.7. The van der Waals surface area contributed by atoms with Crippen molar-refractivity contribution in [2.75, 3.05) is 13.2 Å². The number of rotatable bonds is 3. The third-order valence-electron chi connectivity index (χ3n) is 14.2. The molecular weight excluding hydrogens is 556 g/mol. The Morgan fingerprint density at radius 3 is 2.35 bits per heavy atom. The van der Waals surface area contributed by atoms with Crippen LogP contribution in [-0.4, -0.2) is 104 Å². The Labute approximate surface area is 255 Å². The van der Waals surface area contributed by atoms with Crippen molar-refractivity contribution in [1.82, 2.24) is 0 Å². The topological polar surface area (TPSA) is 158 Å². The molecule has 1 spiro atoms. The highest BCUT2D eigenvalue weighted by atomic mass is 16.7. The zero-order valence-corrected chi connectivity index (χ0v) is 26.2. The smallest absolute Gasteiger partial charge is 0.187 e. The van der Waals surface area contributed by atoms with E-state index in [9.17, 15) is 30.6 Å². The van der Waals surface area contributed by atoms with Crippen LogP contribution in [0.2, 0.25) is 0 Å². The Balaban J connectivity index is 1.07. The third kappa shape index (κ3) is 4.41. The Kier molecular flexibility index (Phi) is 7.66. The quantitative estimate of drug-likeness (QED) is 0.260. The highest BCUT2D eigenvalue weighted by Gasteiger charge is 2.71. The van der Waals surface area contributed by atoms with Crippen molar-refractivity contribution >= 4 is 0 Å². The lowest BCUT2D eigenvalue weighted by atomic mass is 9.42. The van der Waals surface area contributed by atoms with Crippen LogP contribution in [0, 0.1) is 46.3 Å². The molecule has 4 saturated carbocycles. The molecule has 6 N–H and O–H groups in total. The molecule has 10 heteroatoms. The molecule has 10 nitrogen and oxygen atoms in total. The van der Waals surface area contributed by atoms with Gasteiger partial charge in [0.2, 0.25) is 0 Å². The summed E-state index contributed by atoms with van der Waals surface area (Å²) >= 11 is 0. The van der Waals surface area contributed by atoms with E-state index in [2.05, 4.69) is 27.7 Å². The maximum Gasteiger partial charge on any atom is 0.187 e. The average molecular weight is 611 g/mol. The first-order valence-electron chi connectivity index (χ1n) is 16.9. The van der Waals surface area contributed by atoms with Crippen molar-refractivity contribution < 1.29 is 49.6 Å². The van der Waals surface area contributed by atoms with Crippen molar-refractivity contribution in [3.05, 3.63) is 0 Å². The van der Waals surface area contributed by atoms with E-state index in [0.29, 0.717) is 42.4 Å². The van der Waals surface area contributed by atoms with Gasteiger partial charge in [0.1, 0.15) is 24.4 Å². The molecule has 246 valence electrons. The monoisotopic (exact) mass is 610 g/mol. The average Bonchev–Trinajstić information content (AvgIpc) is 3.41. The largest absolute Gasteiger partial charge is 0.394 e. The Morgan fingerprint density at radius 2 is 1.65 bits per heavy atom. The van der Waals surface area contributed by atoms with Gasteiger partial charge in [-0.1, -0.05) is 27.7 Å². The van der Waals surface area contributed by atoms with Gasteiger partial charge >= 0.3 is 0 Å². The molecule has 4 aliphatic carbocycles. The predicted octanol–water partition coefficient (Wildman–Crippen LogP) is 1.70. The fourth-order valence-electron chi connectivity index (χ4n) is 11.7. The molecule has 3 aliphatic heterocycles. The van der Waals surface area contributed by atoms with Gasteiger partial charge in [0.05, 0.1) is 37.1 Å². The normalized spacial score (nSPS) is 61.5. The van der Waals surface area contributed by atoms with Crippen LogP contribution in [0.3, 0.4) is 0 Å². The van der Waals surface area contributed by atoms with Gasteiger partial charge in [0, 0.05) is 24.2 Å². The van der Waals surface area contributed by atoms with E-state index in [1.54, 1.807) is 0 Å². The molecule has 7 aliphatic rings. The lowest BCUT2D eigenvalue weighted by Gasteiger charge is -2.65. The zero-order chi connectivity index (χ0) is 30.7. The highest BCUT2D eigenvalue weighted by Crippen LogP contribution is 2.72. The summed E-state index contributed by atoms with van der Waals surface area (Å²) in [6, 6.07) is 0. The molecule has 0 aromatic heterocycles. The number of aliphatic hydroxyl groups excluding tert-OH is 5. The van der Waals surface area contributed by atoms with Gasteiger partial charge < -0.3 is 49.6 Å². The molecule has 7 rings (SSSR count). The van der Waals surface area contributed by atoms with Crippen LogP contribution in [0.4, 0.5) is 0 Å². The van der Waals surface area contributed by atoms with E-state index in [1.807, 2.05) is 0 Å². The van der Waals surface area contributed by atoms with Crippen molar-refractivity contribution in [3.8, 4) is 0 Å². The minimum atomic E-state index is -1.56. The molecule has 18 unspecified atom stereocenters. The third-order valence-corrected chi connectivity index (χ3v) is 14.2. The Hall–Kier alpha value is -0.400. The summed E-state index contributed by atoms with van der Waals surface area (Å²) in [5.74, 6) is 2.18. The minimum absolute atomic E-state index is 0.162. The minimum Gasteiger partial charge on any atom is -0.394 e. The van der Waals surface area contributed by atoms with Crippen LogP contribution >= 0.6 is 0 Å². The number of ether oxygens (including phenoxy) is 4. The molecule has 0 radical (unpaired) electrons. The van der Waals surface area contributed by atoms with Gasteiger partial charge in [-0.15, -0.1) is 0 Å². The molecule has 0 aromatic rings. The van der Waals surface area contributed by atoms with Gasteiger partial charge in [-0.25, -0.2) is 0 Å². The van der Waals surface area contributed by atoms with Crippen LogP contribution in [0.15, 0.2) is 0 Å². The van der Waals surface area contributed by atoms with Gasteiger partial charge in [0.15, 0.2) is 12.1 Å². The van der Waals surface area contributed by atoms with Crippen LogP contribution in [-0.2, 0) is 18.9 Å². The molecular formula is C33H54O10. The van der Waals surface area contributed by atoms with E-state index in [-0.39, 0.29) is 23.9 Å². The van der Waals surface area contributed by atoms with Crippen LogP contribution in [0.5, 0.6) is 0 Å². The molecule has 3 saturated heterocycles. The maximum atomic E-state index is 12.3. The summed E-state index contributed by atoms with van der Waals surface area (Å²) in [6.45, 7) is 9.47. The van der Waals surface area contributed by atoms with E-state index < -0.39 is 66.3 Å².